The quantitative estimate of drug-likeness (QED) is 0.859. The summed E-state index contributed by atoms with van der Waals surface area (Å²) >= 11 is 9.79. The van der Waals surface area contributed by atoms with E-state index in [1.165, 1.54) is 0 Å². The molecule has 1 heterocycles. The number of methoxy groups -OCH3 is 2. The number of hydrogen-bond acceptors (Lipinski definition) is 5. The molecule has 0 amide bonds. The second kappa shape index (κ2) is 6.95. The average molecular weight is 373 g/mol. The Morgan fingerprint density at radius 1 is 1.29 bits per heavy atom. The Hall–Kier alpha value is -1.53. The van der Waals surface area contributed by atoms with Crippen LogP contribution in [0.4, 0.5) is 5.82 Å². The molecular weight excluding hydrogens is 358 g/mol. The molecule has 1 N–H and O–H groups in total. The summed E-state index contributed by atoms with van der Waals surface area (Å²) in [5.41, 5.74) is 0.681. The van der Waals surface area contributed by atoms with Crippen molar-refractivity contribution in [2.24, 2.45) is 0 Å². The van der Waals surface area contributed by atoms with E-state index in [9.17, 15) is 0 Å². The SMILES string of the molecule is CCNc1nc(-c2ccc(OC)c(OC)c2Cl)ncc1Br. The summed E-state index contributed by atoms with van der Waals surface area (Å²) in [5, 5.41) is 3.58. The fourth-order valence-corrected chi connectivity index (χ4v) is 2.50. The van der Waals surface area contributed by atoms with Crippen LogP contribution in [0, 0.1) is 0 Å². The Kier molecular flexibility index (Phi) is 5.25. The lowest BCUT2D eigenvalue weighted by atomic mass is 10.2. The number of anilines is 1. The molecule has 1 aromatic carbocycles. The maximum atomic E-state index is 6.38. The van der Waals surface area contributed by atoms with Gasteiger partial charge in [0.05, 0.1) is 23.7 Å². The molecule has 112 valence electrons. The molecule has 0 bridgehead atoms. The molecular formula is C14H15BrClN3O2. The highest BCUT2D eigenvalue weighted by Gasteiger charge is 2.17. The average Bonchev–Trinajstić information content (AvgIpc) is 2.49. The van der Waals surface area contributed by atoms with E-state index >= 15 is 0 Å². The van der Waals surface area contributed by atoms with Crippen LogP contribution in [0.1, 0.15) is 6.92 Å². The van der Waals surface area contributed by atoms with Gasteiger partial charge in [-0.3, -0.25) is 0 Å². The van der Waals surface area contributed by atoms with E-state index in [0.717, 1.165) is 11.0 Å². The van der Waals surface area contributed by atoms with Gasteiger partial charge in [0, 0.05) is 18.3 Å². The summed E-state index contributed by atoms with van der Waals surface area (Å²) in [6.45, 7) is 2.76. The van der Waals surface area contributed by atoms with Gasteiger partial charge in [0.2, 0.25) is 0 Å². The minimum Gasteiger partial charge on any atom is -0.493 e. The third kappa shape index (κ3) is 3.22. The monoisotopic (exact) mass is 371 g/mol. The molecule has 0 aliphatic heterocycles. The summed E-state index contributed by atoms with van der Waals surface area (Å²) in [5.74, 6) is 2.26. The summed E-state index contributed by atoms with van der Waals surface area (Å²) in [6, 6.07) is 3.58. The Labute approximate surface area is 136 Å². The predicted octanol–water partition coefficient (Wildman–Crippen LogP) is 4.01. The van der Waals surface area contributed by atoms with E-state index < -0.39 is 0 Å². The van der Waals surface area contributed by atoms with Gasteiger partial charge in [0.25, 0.3) is 0 Å². The first-order valence-corrected chi connectivity index (χ1v) is 7.46. The minimum atomic E-state index is 0.418. The van der Waals surface area contributed by atoms with E-state index in [0.29, 0.717) is 33.7 Å². The van der Waals surface area contributed by atoms with E-state index in [2.05, 4.69) is 31.2 Å². The van der Waals surface area contributed by atoms with E-state index in [-0.39, 0.29) is 0 Å². The van der Waals surface area contributed by atoms with Gasteiger partial charge in [0.15, 0.2) is 17.3 Å². The summed E-state index contributed by atoms with van der Waals surface area (Å²) in [4.78, 5) is 8.78. The molecule has 1 aromatic heterocycles. The van der Waals surface area contributed by atoms with Crippen molar-refractivity contribution in [1.82, 2.24) is 9.97 Å². The maximum absolute atomic E-state index is 6.38. The zero-order valence-electron chi connectivity index (χ0n) is 11.9. The number of benzene rings is 1. The highest BCUT2D eigenvalue weighted by Crippen LogP contribution is 2.41. The van der Waals surface area contributed by atoms with Crippen LogP contribution in [-0.2, 0) is 0 Å². The molecule has 7 heteroatoms. The lowest BCUT2D eigenvalue weighted by Crippen LogP contribution is -2.03. The normalized spacial score (nSPS) is 10.3. The Balaban J connectivity index is 2.54. The molecule has 0 aliphatic carbocycles. The van der Waals surface area contributed by atoms with Crippen molar-refractivity contribution >= 4 is 33.3 Å². The molecule has 0 unspecified atom stereocenters. The Morgan fingerprint density at radius 3 is 2.67 bits per heavy atom. The topological polar surface area (TPSA) is 56.3 Å². The van der Waals surface area contributed by atoms with Crippen LogP contribution in [0.3, 0.4) is 0 Å². The van der Waals surface area contributed by atoms with Crippen LogP contribution in [0.5, 0.6) is 11.5 Å². The van der Waals surface area contributed by atoms with Crippen molar-refractivity contribution in [3.05, 3.63) is 27.8 Å². The van der Waals surface area contributed by atoms with E-state index in [1.807, 2.05) is 13.0 Å². The second-order valence-electron chi connectivity index (χ2n) is 4.08. The third-order valence-electron chi connectivity index (χ3n) is 2.81. The van der Waals surface area contributed by atoms with E-state index in [4.69, 9.17) is 21.1 Å². The van der Waals surface area contributed by atoms with Crippen molar-refractivity contribution < 1.29 is 9.47 Å². The van der Waals surface area contributed by atoms with Gasteiger partial charge in [-0.2, -0.15) is 0 Å². The molecule has 0 radical (unpaired) electrons. The number of nitrogens with one attached hydrogen (secondary N) is 1. The van der Waals surface area contributed by atoms with Crippen molar-refractivity contribution in [3.8, 4) is 22.9 Å². The first kappa shape index (κ1) is 15.9. The van der Waals surface area contributed by atoms with Gasteiger partial charge in [0.1, 0.15) is 5.82 Å². The molecule has 21 heavy (non-hydrogen) atoms. The largest absolute Gasteiger partial charge is 0.493 e. The molecule has 0 spiro atoms. The molecule has 0 aliphatic rings. The van der Waals surface area contributed by atoms with Crippen molar-refractivity contribution in [3.63, 3.8) is 0 Å². The lowest BCUT2D eigenvalue weighted by Gasteiger charge is -2.13. The van der Waals surface area contributed by atoms with Crippen LogP contribution in [-0.4, -0.2) is 30.7 Å². The maximum Gasteiger partial charge on any atom is 0.180 e. The number of aromatic nitrogens is 2. The molecule has 0 saturated heterocycles. The van der Waals surface area contributed by atoms with Crippen LogP contribution < -0.4 is 14.8 Å². The van der Waals surface area contributed by atoms with Gasteiger partial charge in [-0.1, -0.05) is 11.6 Å². The Bertz CT molecular complexity index is 652. The van der Waals surface area contributed by atoms with Gasteiger partial charge in [-0.05, 0) is 35.0 Å². The molecule has 5 nitrogen and oxygen atoms in total. The van der Waals surface area contributed by atoms with Crippen LogP contribution in [0.15, 0.2) is 22.8 Å². The standard InChI is InChI=1S/C14H15BrClN3O2/c1-4-17-14-9(15)7-18-13(19-14)8-5-6-10(20-2)12(21-3)11(8)16/h5-7H,4H2,1-3H3,(H,17,18,19). The highest BCUT2D eigenvalue weighted by molar-refractivity contribution is 9.10. The fraction of sp³-hybridized carbons (Fsp3) is 0.286. The van der Waals surface area contributed by atoms with Gasteiger partial charge in [-0.25, -0.2) is 9.97 Å². The number of ether oxygens (including phenoxy) is 2. The first-order chi connectivity index (χ1) is 10.1. The zero-order chi connectivity index (χ0) is 15.4. The summed E-state index contributed by atoms with van der Waals surface area (Å²) in [7, 11) is 3.10. The first-order valence-electron chi connectivity index (χ1n) is 6.29. The van der Waals surface area contributed by atoms with Gasteiger partial charge in [-0.15, -0.1) is 0 Å². The number of nitrogens with zero attached hydrogens (tertiary/aromatic N) is 2. The molecule has 2 aromatic rings. The number of halogens is 2. The molecule has 0 fully saturated rings. The van der Waals surface area contributed by atoms with Crippen molar-refractivity contribution in [1.29, 1.82) is 0 Å². The summed E-state index contributed by atoms with van der Waals surface area (Å²) < 4.78 is 11.3. The molecule has 2 rings (SSSR count). The molecule has 0 atom stereocenters. The highest BCUT2D eigenvalue weighted by atomic mass is 79.9. The molecule has 0 saturated carbocycles. The van der Waals surface area contributed by atoms with Crippen LogP contribution >= 0.6 is 27.5 Å². The van der Waals surface area contributed by atoms with Crippen molar-refractivity contribution in [2.45, 2.75) is 6.92 Å². The lowest BCUT2D eigenvalue weighted by molar-refractivity contribution is 0.355. The van der Waals surface area contributed by atoms with Crippen molar-refractivity contribution in [2.75, 3.05) is 26.1 Å². The zero-order valence-corrected chi connectivity index (χ0v) is 14.2. The van der Waals surface area contributed by atoms with Crippen LogP contribution in [0.25, 0.3) is 11.4 Å². The third-order valence-corrected chi connectivity index (χ3v) is 3.77. The number of rotatable bonds is 5. The second-order valence-corrected chi connectivity index (χ2v) is 5.32. The fourth-order valence-electron chi connectivity index (χ4n) is 1.85. The van der Waals surface area contributed by atoms with Crippen LogP contribution in [0.2, 0.25) is 5.02 Å². The Morgan fingerprint density at radius 2 is 2.05 bits per heavy atom. The number of hydrogen-bond donors (Lipinski definition) is 1. The van der Waals surface area contributed by atoms with Gasteiger partial charge >= 0.3 is 0 Å². The minimum absolute atomic E-state index is 0.418. The van der Waals surface area contributed by atoms with E-state index in [1.54, 1.807) is 26.5 Å². The summed E-state index contributed by atoms with van der Waals surface area (Å²) in [6.07, 6.45) is 1.69. The smallest absolute Gasteiger partial charge is 0.180 e. The predicted molar refractivity (Wildman–Crippen MR) is 87.4 cm³/mol. The van der Waals surface area contributed by atoms with Gasteiger partial charge < -0.3 is 14.8 Å².